The predicted octanol–water partition coefficient (Wildman–Crippen LogP) is 5.50. The van der Waals surface area contributed by atoms with E-state index < -0.39 is 0 Å². The van der Waals surface area contributed by atoms with E-state index in [1.54, 1.807) is 0 Å². The summed E-state index contributed by atoms with van der Waals surface area (Å²) in [5.41, 5.74) is 7.01. The lowest BCUT2D eigenvalue weighted by Crippen LogP contribution is -1.94. The molecular weight excluding hydrogens is 304 g/mol. The van der Waals surface area contributed by atoms with Crippen LogP contribution in [0.15, 0.2) is 48.5 Å². The largest absolute Gasteiger partial charge is 0.346 e. The Bertz CT molecular complexity index is 912. The van der Waals surface area contributed by atoms with Crippen molar-refractivity contribution in [3.63, 3.8) is 0 Å². The van der Waals surface area contributed by atoms with Crippen LogP contribution < -0.4 is 0 Å². The van der Waals surface area contributed by atoms with Gasteiger partial charge in [-0.2, -0.15) is 5.26 Å². The van der Waals surface area contributed by atoms with Crippen LogP contribution in [0.2, 0.25) is 5.02 Å². The Balaban J connectivity index is 2.36. The summed E-state index contributed by atoms with van der Waals surface area (Å²) in [6.07, 6.45) is 0. The fraction of sp³-hybridized carbons (Fsp3) is 0.150. The average molecular weight is 321 g/mol. The van der Waals surface area contributed by atoms with Gasteiger partial charge >= 0.3 is 0 Å². The smallest absolute Gasteiger partial charge is 0.102 e. The number of aromatic nitrogens is 1. The Morgan fingerprint density at radius 3 is 2.30 bits per heavy atom. The van der Waals surface area contributed by atoms with Gasteiger partial charge in [-0.1, -0.05) is 53.6 Å². The van der Waals surface area contributed by atoms with Crippen molar-refractivity contribution in [2.24, 2.45) is 7.05 Å². The fourth-order valence-corrected chi connectivity index (χ4v) is 3.09. The first-order valence-corrected chi connectivity index (χ1v) is 7.83. The van der Waals surface area contributed by atoms with E-state index >= 15 is 0 Å². The van der Waals surface area contributed by atoms with Crippen LogP contribution in [0, 0.1) is 25.2 Å². The van der Waals surface area contributed by atoms with Crippen LogP contribution in [0.1, 0.15) is 16.8 Å². The minimum absolute atomic E-state index is 0.706. The molecule has 0 N–H and O–H groups in total. The van der Waals surface area contributed by atoms with Gasteiger partial charge in [-0.15, -0.1) is 0 Å². The lowest BCUT2D eigenvalue weighted by atomic mass is 9.96. The molecule has 0 amide bonds. The van der Waals surface area contributed by atoms with E-state index in [4.69, 9.17) is 11.6 Å². The summed E-state index contributed by atoms with van der Waals surface area (Å²) < 4.78 is 2.08. The first kappa shape index (κ1) is 15.4. The molecule has 1 heterocycles. The molecule has 0 aliphatic heterocycles. The van der Waals surface area contributed by atoms with Crippen molar-refractivity contribution >= 4 is 11.6 Å². The molecule has 114 valence electrons. The second-order valence-corrected chi connectivity index (χ2v) is 6.17. The molecule has 23 heavy (non-hydrogen) atoms. The summed E-state index contributed by atoms with van der Waals surface area (Å²) in [7, 11) is 2.00. The van der Waals surface area contributed by atoms with E-state index in [0.717, 1.165) is 33.6 Å². The lowest BCUT2D eigenvalue weighted by molar-refractivity contribution is 0.889. The number of hydrogen-bond donors (Lipinski definition) is 0. The van der Waals surface area contributed by atoms with Crippen LogP contribution in [-0.4, -0.2) is 4.57 Å². The summed E-state index contributed by atoms with van der Waals surface area (Å²) in [6, 6.07) is 18.4. The Morgan fingerprint density at radius 2 is 1.70 bits per heavy atom. The Morgan fingerprint density at radius 1 is 1.00 bits per heavy atom. The maximum absolute atomic E-state index is 9.67. The van der Waals surface area contributed by atoms with Crippen molar-refractivity contribution in [3.05, 3.63) is 70.4 Å². The molecule has 0 aliphatic carbocycles. The van der Waals surface area contributed by atoms with Crippen molar-refractivity contribution in [1.82, 2.24) is 4.57 Å². The molecule has 3 rings (SSSR count). The third-order valence-electron chi connectivity index (χ3n) is 4.22. The van der Waals surface area contributed by atoms with Crippen LogP contribution in [-0.2, 0) is 7.05 Å². The van der Waals surface area contributed by atoms with Gasteiger partial charge in [0.05, 0.1) is 11.3 Å². The van der Waals surface area contributed by atoms with Crippen molar-refractivity contribution < 1.29 is 0 Å². The minimum Gasteiger partial charge on any atom is -0.346 e. The molecule has 2 aromatic carbocycles. The topological polar surface area (TPSA) is 28.7 Å². The van der Waals surface area contributed by atoms with Crippen LogP contribution in [0.4, 0.5) is 0 Å². The average Bonchev–Trinajstić information content (AvgIpc) is 2.80. The number of aryl methyl sites for hydroxylation is 1. The van der Waals surface area contributed by atoms with Crippen LogP contribution in [0.25, 0.3) is 22.4 Å². The number of halogens is 1. The Labute approximate surface area is 141 Å². The second-order valence-electron chi connectivity index (χ2n) is 5.73. The molecule has 3 aromatic rings. The molecular formula is C20H17ClN2. The van der Waals surface area contributed by atoms with Crippen molar-refractivity contribution in [3.8, 4) is 28.5 Å². The lowest BCUT2D eigenvalue weighted by Gasteiger charge is -2.10. The van der Waals surface area contributed by atoms with Crippen LogP contribution in [0.3, 0.4) is 0 Å². The highest BCUT2D eigenvalue weighted by atomic mass is 35.5. The Hall–Kier alpha value is -2.50. The van der Waals surface area contributed by atoms with E-state index in [0.29, 0.717) is 5.02 Å². The zero-order chi connectivity index (χ0) is 16.6. The van der Waals surface area contributed by atoms with E-state index in [9.17, 15) is 5.26 Å². The summed E-state index contributed by atoms with van der Waals surface area (Å²) in [5.74, 6) is 0. The van der Waals surface area contributed by atoms with Gasteiger partial charge in [-0.3, -0.25) is 0 Å². The van der Waals surface area contributed by atoms with Crippen molar-refractivity contribution in [1.29, 1.82) is 5.26 Å². The van der Waals surface area contributed by atoms with E-state index in [1.165, 1.54) is 5.56 Å². The van der Waals surface area contributed by atoms with Gasteiger partial charge in [-0.25, -0.2) is 0 Å². The number of nitriles is 1. The van der Waals surface area contributed by atoms with Crippen LogP contribution in [0.5, 0.6) is 0 Å². The van der Waals surface area contributed by atoms with Gasteiger partial charge in [0.15, 0.2) is 0 Å². The first-order valence-electron chi connectivity index (χ1n) is 7.45. The Kier molecular flexibility index (Phi) is 3.98. The number of hydrogen-bond acceptors (Lipinski definition) is 1. The third kappa shape index (κ3) is 2.65. The number of rotatable bonds is 2. The maximum atomic E-state index is 9.67. The first-order chi connectivity index (χ1) is 11.0. The predicted molar refractivity (Wildman–Crippen MR) is 95.5 cm³/mol. The molecule has 0 fully saturated rings. The van der Waals surface area contributed by atoms with Gasteiger partial charge in [-0.05, 0) is 37.1 Å². The van der Waals surface area contributed by atoms with Gasteiger partial charge < -0.3 is 4.57 Å². The van der Waals surface area contributed by atoms with Crippen LogP contribution >= 0.6 is 11.6 Å². The molecule has 1 aromatic heterocycles. The molecule has 0 radical (unpaired) electrons. The molecule has 0 aliphatic rings. The monoisotopic (exact) mass is 320 g/mol. The molecule has 2 nitrogen and oxygen atoms in total. The summed E-state index contributed by atoms with van der Waals surface area (Å²) in [4.78, 5) is 0. The summed E-state index contributed by atoms with van der Waals surface area (Å²) >= 11 is 6.02. The molecule has 0 saturated carbocycles. The second kappa shape index (κ2) is 5.95. The highest BCUT2D eigenvalue weighted by molar-refractivity contribution is 6.30. The van der Waals surface area contributed by atoms with Gasteiger partial charge in [0.1, 0.15) is 6.07 Å². The fourth-order valence-electron chi connectivity index (χ4n) is 2.97. The van der Waals surface area contributed by atoms with Crippen molar-refractivity contribution in [2.45, 2.75) is 13.8 Å². The summed E-state index contributed by atoms with van der Waals surface area (Å²) in [6.45, 7) is 4.05. The van der Waals surface area contributed by atoms with E-state index in [1.807, 2.05) is 44.3 Å². The molecule has 0 bridgehead atoms. The zero-order valence-electron chi connectivity index (χ0n) is 13.4. The van der Waals surface area contributed by atoms with Gasteiger partial charge in [0.2, 0.25) is 0 Å². The maximum Gasteiger partial charge on any atom is 0.102 e. The molecule has 0 saturated heterocycles. The SMILES string of the molecule is Cc1cccc(-c2c(C#N)c(C)n(C)c2-c2ccc(Cl)cc2)c1. The molecule has 0 atom stereocenters. The normalized spacial score (nSPS) is 10.6. The third-order valence-corrected chi connectivity index (χ3v) is 4.48. The molecule has 0 spiro atoms. The number of benzene rings is 2. The molecule has 3 heteroatoms. The highest BCUT2D eigenvalue weighted by Crippen LogP contribution is 2.38. The van der Waals surface area contributed by atoms with E-state index in [2.05, 4.69) is 35.8 Å². The highest BCUT2D eigenvalue weighted by Gasteiger charge is 2.21. The summed E-state index contributed by atoms with van der Waals surface area (Å²) in [5, 5.41) is 10.4. The molecule has 0 unspecified atom stereocenters. The quantitative estimate of drug-likeness (QED) is 0.612. The van der Waals surface area contributed by atoms with Crippen molar-refractivity contribution in [2.75, 3.05) is 0 Å². The minimum atomic E-state index is 0.706. The number of nitrogens with zero attached hydrogens (tertiary/aromatic N) is 2. The standard InChI is InChI=1S/C20H17ClN2/c1-13-5-4-6-16(11-13)19-18(12-22)14(2)23(3)20(19)15-7-9-17(21)10-8-15/h4-11H,1-3H3. The van der Waals surface area contributed by atoms with E-state index in [-0.39, 0.29) is 0 Å². The van der Waals surface area contributed by atoms with Gasteiger partial charge in [0, 0.05) is 23.3 Å². The zero-order valence-corrected chi connectivity index (χ0v) is 14.1. The van der Waals surface area contributed by atoms with Gasteiger partial charge in [0.25, 0.3) is 0 Å².